The molecule has 2 rings (SSSR count). The quantitative estimate of drug-likeness (QED) is 0.639. The fourth-order valence-corrected chi connectivity index (χ4v) is 4.85. The molecule has 0 saturated heterocycles. The molecule has 0 aliphatic rings. The Hall–Kier alpha value is -1.28. The van der Waals surface area contributed by atoms with Gasteiger partial charge in [0.1, 0.15) is 0 Å². The van der Waals surface area contributed by atoms with Crippen LogP contribution in [0.3, 0.4) is 0 Å². The first kappa shape index (κ1) is 15.1. The van der Waals surface area contributed by atoms with E-state index < -0.39 is 5.97 Å². The summed E-state index contributed by atoms with van der Waals surface area (Å²) in [6.45, 7) is 0. The van der Waals surface area contributed by atoms with Gasteiger partial charge in [-0.3, -0.25) is 0 Å². The molecule has 0 saturated carbocycles. The fraction of sp³-hybridized carbons (Fsp3) is 0.188. The summed E-state index contributed by atoms with van der Waals surface area (Å²) in [5.74, 6) is -0.797. The molecule has 0 aliphatic carbocycles. The topological polar surface area (TPSA) is 37.3 Å². The maximum absolute atomic E-state index is 11.1. The normalized spacial score (nSPS) is 13.7. The molecule has 2 nitrogen and oxygen atoms in total. The molecule has 0 aliphatic heterocycles. The third-order valence-corrected chi connectivity index (χ3v) is 6.44. The molecular weight excluding hydrogens is 339 g/mol. The first-order valence-electron chi connectivity index (χ1n) is 6.29. The molecule has 0 fully saturated rings. The predicted octanol–water partition coefficient (Wildman–Crippen LogP) is 3.26. The summed E-state index contributed by atoms with van der Waals surface area (Å²) in [6.07, 6.45) is 0.0952. The zero-order chi connectivity index (χ0) is 14.4. The summed E-state index contributed by atoms with van der Waals surface area (Å²) < 4.78 is 1.17. The molecule has 0 radical (unpaired) electrons. The summed E-state index contributed by atoms with van der Waals surface area (Å²) in [6, 6.07) is 19.7. The van der Waals surface area contributed by atoms with Gasteiger partial charge in [-0.05, 0) is 0 Å². The van der Waals surface area contributed by atoms with Gasteiger partial charge in [0.25, 0.3) is 0 Å². The van der Waals surface area contributed by atoms with Crippen LogP contribution >= 0.6 is 11.6 Å². The van der Waals surface area contributed by atoms with Crippen LogP contribution in [0.15, 0.2) is 60.7 Å². The van der Waals surface area contributed by atoms with Crippen molar-refractivity contribution in [1.29, 1.82) is 0 Å². The van der Waals surface area contributed by atoms with Crippen LogP contribution in [0.2, 0.25) is 4.82 Å². The molecule has 20 heavy (non-hydrogen) atoms. The molecule has 4 heteroatoms. The van der Waals surface area contributed by atoms with Crippen LogP contribution < -0.4 is 4.46 Å². The van der Waals surface area contributed by atoms with Crippen molar-refractivity contribution in [2.24, 2.45) is 0 Å². The SMILES string of the molecule is O=C(O)C[C@H]([Se]c1ccccc1)[C@H](Cl)c1ccccc1. The first-order valence-corrected chi connectivity index (χ1v) is 8.57. The molecule has 1 N–H and O–H groups in total. The van der Waals surface area contributed by atoms with Crippen LogP contribution in [-0.4, -0.2) is 26.0 Å². The summed E-state index contributed by atoms with van der Waals surface area (Å²) >= 11 is 6.55. The number of carboxylic acid groups (broad SMARTS) is 1. The number of hydrogen-bond donors (Lipinski definition) is 1. The Kier molecular flexibility index (Phi) is 5.66. The van der Waals surface area contributed by atoms with Crippen molar-refractivity contribution >= 4 is 37.0 Å². The third-order valence-electron chi connectivity index (χ3n) is 2.85. The van der Waals surface area contributed by atoms with Crippen LogP contribution in [0.1, 0.15) is 17.4 Å². The van der Waals surface area contributed by atoms with Crippen molar-refractivity contribution in [2.75, 3.05) is 0 Å². The number of rotatable bonds is 6. The average Bonchev–Trinajstić information content (AvgIpc) is 2.47. The summed E-state index contributed by atoms with van der Waals surface area (Å²) in [4.78, 5) is 11.0. The summed E-state index contributed by atoms with van der Waals surface area (Å²) in [7, 11) is 0. The van der Waals surface area contributed by atoms with Crippen LogP contribution in [0.5, 0.6) is 0 Å². The second-order valence-corrected chi connectivity index (χ2v) is 7.60. The Morgan fingerprint density at radius 1 is 1.05 bits per heavy atom. The van der Waals surface area contributed by atoms with Crippen LogP contribution in [0.25, 0.3) is 0 Å². The average molecular weight is 354 g/mol. The fourth-order valence-electron chi connectivity index (χ4n) is 1.90. The minimum absolute atomic E-state index is 0.0297. The van der Waals surface area contributed by atoms with Crippen LogP contribution in [-0.2, 0) is 4.79 Å². The van der Waals surface area contributed by atoms with Gasteiger partial charge in [0.2, 0.25) is 0 Å². The van der Waals surface area contributed by atoms with E-state index >= 15 is 0 Å². The molecule has 0 aromatic heterocycles. The van der Waals surface area contributed by atoms with E-state index in [0.29, 0.717) is 0 Å². The van der Waals surface area contributed by atoms with Gasteiger partial charge in [-0.25, -0.2) is 0 Å². The summed E-state index contributed by atoms with van der Waals surface area (Å²) in [5.41, 5.74) is 0.984. The number of aliphatic carboxylic acids is 1. The van der Waals surface area contributed by atoms with E-state index in [0.717, 1.165) is 5.56 Å². The van der Waals surface area contributed by atoms with Gasteiger partial charge in [0.05, 0.1) is 0 Å². The molecule has 0 spiro atoms. The molecule has 0 heterocycles. The van der Waals surface area contributed by atoms with Crippen LogP contribution in [0.4, 0.5) is 0 Å². The van der Waals surface area contributed by atoms with Gasteiger partial charge in [0, 0.05) is 0 Å². The molecule has 2 aromatic rings. The number of hydrogen-bond acceptors (Lipinski definition) is 1. The van der Waals surface area contributed by atoms with E-state index in [9.17, 15) is 4.79 Å². The molecular formula is C16H15ClO2Se. The monoisotopic (exact) mass is 354 g/mol. The Labute approximate surface area is 129 Å². The molecule has 0 amide bonds. The van der Waals surface area contributed by atoms with Crippen molar-refractivity contribution in [1.82, 2.24) is 0 Å². The molecule has 2 atom stereocenters. The Bertz CT molecular complexity index is 545. The number of carbonyl (C=O) groups is 1. The van der Waals surface area contributed by atoms with Gasteiger partial charge in [0.15, 0.2) is 0 Å². The Morgan fingerprint density at radius 2 is 1.60 bits per heavy atom. The van der Waals surface area contributed by atoms with Crippen molar-refractivity contribution in [3.8, 4) is 0 Å². The van der Waals surface area contributed by atoms with Crippen LogP contribution in [0, 0.1) is 0 Å². The van der Waals surface area contributed by atoms with Crippen molar-refractivity contribution in [2.45, 2.75) is 16.6 Å². The van der Waals surface area contributed by atoms with Crippen molar-refractivity contribution in [3.63, 3.8) is 0 Å². The maximum atomic E-state index is 11.1. The summed E-state index contributed by atoms with van der Waals surface area (Å²) in [5, 5.41) is 8.84. The Balaban J connectivity index is 2.17. The number of benzene rings is 2. The Morgan fingerprint density at radius 3 is 2.15 bits per heavy atom. The van der Waals surface area contributed by atoms with E-state index in [1.165, 1.54) is 4.46 Å². The van der Waals surface area contributed by atoms with Crippen molar-refractivity contribution in [3.05, 3.63) is 66.2 Å². The van der Waals surface area contributed by atoms with E-state index in [2.05, 4.69) is 0 Å². The zero-order valence-electron chi connectivity index (χ0n) is 10.8. The second kappa shape index (κ2) is 7.49. The molecule has 2 aromatic carbocycles. The van der Waals surface area contributed by atoms with Gasteiger partial charge < -0.3 is 0 Å². The third kappa shape index (κ3) is 4.38. The van der Waals surface area contributed by atoms with E-state index in [1.807, 2.05) is 60.7 Å². The minimum atomic E-state index is -0.797. The number of halogens is 1. The molecule has 0 bridgehead atoms. The second-order valence-electron chi connectivity index (χ2n) is 4.38. The number of alkyl halides is 1. The van der Waals surface area contributed by atoms with E-state index in [4.69, 9.17) is 16.7 Å². The first-order chi connectivity index (χ1) is 9.66. The predicted molar refractivity (Wildman–Crippen MR) is 82.9 cm³/mol. The van der Waals surface area contributed by atoms with Gasteiger partial charge in [-0.1, -0.05) is 0 Å². The van der Waals surface area contributed by atoms with Gasteiger partial charge in [-0.15, -0.1) is 0 Å². The molecule has 0 unspecified atom stereocenters. The van der Waals surface area contributed by atoms with E-state index in [-0.39, 0.29) is 31.6 Å². The van der Waals surface area contributed by atoms with Gasteiger partial charge >= 0.3 is 130 Å². The molecule has 104 valence electrons. The standard InChI is InChI=1S/C16H15ClO2Se/c17-16(12-7-3-1-4-8-12)14(11-15(18)19)20-13-9-5-2-6-10-13/h1-10,14,16H,11H2,(H,18,19)/t14-,16+/m0/s1. The number of carboxylic acids is 1. The van der Waals surface area contributed by atoms with Crippen molar-refractivity contribution < 1.29 is 9.90 Å². The zero-order valence-corrected chi connectivity index (χ0v) is 13.2. The van der Waals surface area contributed by atoms with Gasteiger partial charge in [-0.2, -0.15) is 0 Å². The van der Waals surface area contributed by atoms with E-state index in [1.54, 1.807) is 0 Å².